The van der Waals surface area contributed by atoms with E-state index in [1.807, 2.05) is 0 Å². The summed E-state index contributed by atoms with van der Waals surface area (Å²) in [5.41, 5.74) is 6.65. The van der Waals surface area contributed by atoms with E-state index in [1.165, 1.54) is 12.1 Å². The maximum atomic E-state index is 12.6. The van der Waals surface area contributed by atoms with Gasteiger partial charge in [0.25, 0.3) is 5.69 Å². The molecule has 0 saturated heterocycles. The molecule has 1 aliphatic rings. The summed E-state index contributed by atoms with van der Waals surface area (Å²) in [4.78, 5) is 24.7. The molecule has 2 atom stereocenters. The van der Waals surface area contributed by atoms with Gasteiger partial charge in [-0.15, -0.1) is 19.0 Å². The van der Waals surface area contributed by atoms with E-state index in [1.54, 1.807) is 23.1 Å². The van der Waals surface area contributed by atoms with Gasteiger partial charge in [0.15, 0.2) is 0 Å². The minimum Gasteiger partial charge on any atom is -0.334 e. The SMILES string of the molecule is C=CCN(Cc1cccc([N+](=O)[O-])c1)C(=O)C1CCC(N)C1.Cl. The third-order valence-electron chi connectivity index (χ3n) is 3.98. The van der Waals surface area contributed by atoms with Crippen LogP contribution < -0.4 is 5.73 Å². The number of nitrogens with zero attached hydrogens (tertiary/aromatic N) is 2. The zero-order valence-corrected chi connectivity index (χ0v) is 13.7. The van der Waals surface area contributed by atoms with E-state index in [4.69, 9.17) is 5.73 Å². The van der Waals surface area contributed by atoms with Crippen LogP contribution in [-0.4, -0.2) is 28.3 Å². The highest BCUT2D eigenvalue weighted by molar-refractivity contribution is 5.85. The van der Waals surface area contributed by atoms with Gasteiger partial charge < -0.3 is 10.6 Å². The standard InChI is InChI=1S/C16H21N3O3.ClH/c1-2-8-18(16(20)13-6-7-14(17)10-13)11-12-4-3-5-15(9-12)19(21)22;/h2-5,9,13-14H,1,6-8,10-11,17H2;1H. The fraction of sp³-hybridized carbons (Fsp3) is 0.438. The predicted molar refractivity (Wildman–Crippen MR) is 91.3 cm³/mol. The third kappa shape index (κ3) is 5.04. The Labute approximate surface area is 141 Å². The molecule has 2 unspecified atom stereocenters. The molecule has 0 heterocycles. The second-order valence-corrected chi connectivity index (χ2v) is 5.70. The second kappa shape index (κ2) is 8.64. The molecule has 7 heteroatoms. The number of carbonyl (C=O) groups is 1. The average molecular weight is 340 g/mol. The summed E-state index contributed by atoms with van der Waals surface area (Å²) in [7, 11) is 0. The van der Waals surface area contributed by atoms with Gasteiger partial charge in [-0.2, -0.15) is 0 Å². The molecule has 1 amide bonds. The quantitative estimate of drug-likeness (QED) is 0.490. The van der Waals surface area contributed by atoms with Gasteiger partial charge in [-0.1, -0.05) is 18.2 Å². The lowest BCUT2D eigenvalue weighted by Crippen LogP contribution is -2.35. The summed E-state index contributed by atoms with van der Waals surface area (Å²) in [5.74, 6) is 0.00741. The summed E-state index contributed by atoms with van der Waals surface area (Å²) in [6, 6.07) is 6.46. The van der Waals surface area contributed by atoms with Crippen LogP contribution >= 0.6 is 12.4 Å². The summed E-state index contributed by atoms with van der Waals surface area (Å²) >= 11 is 0. The molecular formula is C16H22ClN3O3. The predicted octanol–water partition coefficient (Wildman–Crippen LogP) is 2.66. The Balaban J connectivity index is 0.00000264. The molecule has 1 aliphatic carbocycles. The molecule has 1 aromatic carbocycles. The molecule has 6 nitrogen and oxygen atoms in total. The Morgan fingerprint density at radius 1 is 1.48 bits per heavy atom. The Hall–Kier alpha value is -1.92. The van der Waals surface area contributed by atoms with E-state index >= 15 is 0 Å². The summed E-state index contributed by atoms with van der Waals surface area (Å²) < 4.78 is 0. The van der Waals surface area contributed by atoms with Crippen LogP contribution in [0.3, 0.4) is 0 Å². The van der Waals surface area contributed by atoms with Crippen LogP contribution in [0.2, 0.25) is 0 Å². The molecule has 126 valence electrons. The monoisotopic (exact) mass is 339 g/mol. The lowest BCUT2D eigenvalue weighted by molar-refractivity contribution is -0.384. The van der Waals surface area contributed by atoms with Crippen molar-refractivity contribution in [2.24, 2.45) is 11.7 Å². The first kappa shape index (κ1) is 19.1. The van der Waals surface area contributed by atoms with E-state index in [0.717, 1.165) is 18.4 Å². The van der Waals surface area contributed by atoms with Crippen LogP contribution in [0.4, 0.5) is 5.69 Å². The Morgan fingerprint density at radius 3 is 2.78 bits per heavy atom. The number of benzene rings is 1. The van der Waals surface area contributed by atoms with Crippen LogP contribution in [0, 0.1) is 16.0 Å². The lowest BCUT2D eigenvalue weighted by Gasteiger charge is -2.24. The van der Waals surface area contributed by atoms with Crippen LogP contribution in [0.5, 0.6) is 0 Å². The van der Waals surface area contributed by atoms with Crippen LogP contribution in [0.1, 0.15) is 24.8 Å². The fourth-order valence-electron chi connectivity index (χ4n) is 2.88. The van der Waals surface area contributed by atoms with Crippen molar-refractivity contribution in [2.45, 2.75) is 31.8 Å². The number of hydrogen-bond donors (Lipinski definition) is 1. The maximum absolute atomic E-state index is 12.6. The van der Waals surface area contributed by atoms with Crippen LogP contribution in [0.15, 0.2) is 36.9 Å². The normalized spacial score (nSPS) is 19.7. The summed E-state index contributed by atoms with van der Waals surface area (Å²) in [6.45, 7) is 4.45. The number of amides is 1. The molecule has 0 bridgehead atoms. The van der Waals surface area contributed by atoms with Gasteiger partial charge in [-0.05, 0) is 24.8 Å². The number of hydrogen-bond acceptors (Lipinski definition) is 4. The van der Waals surface area contributed by atoms with Gasteiger partial charge in [0.05, 0.1) is 4.92 Å². The molecule has 0 aliphatic heterocycles. The van der Waals surface area contributed by atoms with Crippen LogP contribution in [0.25, 0.3) is 0 Å². The van der Waals surface area contributed by atoms with Crippen molar-refractivity contribution in [3.63, 3.8) is 0 Å². The van der Waals surface area contributed by atoms with Crippen LogP contribution in [-0.2, 0) is 11.3 Å². The van der Waals surface area contributed by atoms with Gasteiger partial charge in [0, 0.05) is 37.2 Å². The summed E-state index contributed by atoms with van der Waals surface area (Å²) in [5, 5.41) is 10.8. The molecule has 1 aromatic rings. The van der Waals surface area contributed by atoms with Gasteiger partial charge in [0.2, 0.25) is 5.91 Å². The lowest BCUT2D eigenvalue weighted by atomic mass is 10.1. The Morgan fingerprint density at radius 2 is 2.22 bits per heavy atom. The van der Waals surface area contributed by atoms with Crippen molar-refractivity contribution < 1.29 is 9.72 Å². The Kier molecular flexibility index (Phi) is 7.19. The first-order valence-electron chi connectivity index (χ1n) is 7.40. The topological polar surface area (TPSA) is 89.5 Å². The van der Waals surface area contributed by atoms with E-state index in [2.05, 4.69) is 6.58 Å². The maximum Gasteiger partial charge on any atom is 0.269 e. The van der Waals surface area contributed by atoms with Gasteiger partial charge in [-0.25, -0.2) is 0 Å². The molecular weight excluding hydrogens is 318 g/mol. The Bertz CT molecular complexity index is 579. The molecule has 0 radical (unpaired) electrons. The largest absolute Gasteiger partial charge is 0.334 e. The van der Waals surface area contributed by atoms with E-state index in [9.17, 15) is 14.9 Å². The van der Waals surface area contributed by atoms with Gasteiger partial charge in [-0.3, -0.25) is 14.9 Å². The van der Waals surface area contributed by atoms with Crippen molar-refractivity contribution in [3.05, 3.63) is 52.6 Å². The third-order valence-corrected chi connectivity index (χ3v) is 3.98. The number of nitrogens with two attached hydrogens (primary N) is 1. The number of halogens is 1. The van der Waals surface area contributed by atoms with E-state index < -0.39 is 4.92 Å². The first-order chi connectivity index (χ1) is 10.5. The number of nitro benzene ring substituents is 1. The first-order valence-corrected chi connectivity index (χ1v) is 7.40. The van der Waals surface area contributed by atoms with E-state index in [-0.39, 0.29) is 36.0 Å². The number of rotatable bonds is 6. The van der Waals surface area contributed by atoms with Crippen molar-refractivity contribution in [1.82, 2.24) is 4.90 Å². The molecule has 0 spiro atoms. The molecule has 2 N–H and O–H groups in total. The molecule has 1 fully saturated rings. The van der Waals surface area contributed by atoms with Crippen molar-refractivity contribution in [2.75, 3.05) is 6.54 Å². The number of nitro groups is 1. The smallest absolute Gasteiger partial charge is 0.269 e. The summed E-state index contributed by atoms with van der Waals surface area (Å²) in [6.07, 6.45) is 4.06. The van der Waals surface area contributed by atoms with Crippen molar-refractivity contribution >= 4 is 24.0 Å². The molecule has 23 heavy (non-hydrogen) atoms. The van der Waals surface area contributed by atoms with Crippen molar-refractivity contribution in [1.29, 1.82) is 0 Å². The zero-order valence-electron chi connectivity index (χ0n) is 12.9. The number of non-ortho nitro benzene ring substituents is 1. The highest BCUT2D eigenvalue weighted by Gasteiger charge is 2.30. The van der Waals surface area contributed by atoms with Crippen molar-refractivity contribution in [3.8, 4) is 0 Å². The average Bonchev–Trinajstić information content (AvgIpc) is 2.93. The van der Waals surface area contributed by atoms with E-state index in [0.29, 0.717) is 19.5 Å². The highest BCUT2D eigenvalue weighted by Crippen LogP contribution is 2.27. The highest BCUT2D eigenvalue weighted by atomic mass is 35.5. The minimum absolute atomic E-state index is 0. The minimum atomic E-state index is -0.431. The molecule has 2 rings (SSSR count). The number of carbonyl (C=O) groups excluding carboxylic acids is 1. The molecule has 0 aromatic heterocycles. The zero-order chi connectivity index (χ0) is 16.1. The second-order valence-electron chi connectivity index (χ2n) is 5.70. The van der Waals surface area contributed by atoms with Gasteiger partial charge in [0.1, 0.15) is 0 Å². The fourth-order valence-corrected chi connectivity index (χ4v) is 2.88. The van der Waals surface area contributed by atoms with Gasteiger partial charge >= 0.3 is 0 Å². The molecule has 1 saturated carbocycles.